The van der Waals surface area contributed by atoms with E-state index in [0.717, 1.165) is 24.9 Å². The summed E-state index contributed by atoms with van der Waals surface area (Å²) in [6, 6.07) is 0. The van der Waals surface area contributed by atoms with E-state index in [4.69, 9.17) is 6.42 Å². The lowest BCUT2D eigenvalue weighted by molar-refractivity contribution is 0.142. The second-order valence-corrected chi connectivity index (χ2v) is 4.59. The largest absolute Gasteiger partial charge is 0.305 e. The van der Waals surface area contributed by atoms with Crippen LogP contribution in [0.3, 0.4) is 0 Å². The first-order valence-electron chi connectivity index (χ1n) is 5.59. The van der Waals surface area contributed by atoms with Crippen LogP contribution in [0.4, 0.5) is 0 Å². The molecule has 14 heavy (non-hydrogen) atoms. The Labute approximate surface area is 88.1 Å². The Balaban J connectivity index is 2.14. The van der Waals surface area contributed by atoms with Crippen LogP contribution in [0.15, 0.2) is 0 Å². The van der Waals surface area contributed by atoms with Crippen molar-refractivity contribution in [3.63, 3.8) is 0 Å². The van der Waals surface area contributed by atoms with E-state index in [9.17, 15) is 0 Å². The monoisotopic (exact) mass is 194 g/mol. The molecule has 0 aromatic heterocycles. The van der Waals surface area contributed by atoms with Crippen LogP contribution in [0.1, 0.15) is 20.3 Å². The average molecular weight is 194 g/mol. The molecule has 1 aliphatic heterocycles. The van der Waals surface area contributed by atoms with Crippen LogP contribution in [0, 0.1) is 24.2 Å². The molecule has 2 nitrogen and oxygen atoms in total. The Kier molecular flexibility index (Phi) is 5.00. The van der Waals surface area contributed by atoms with E-state index in [2.05, 4.69) is 30.0 Å². The number of likely N-dealkylation sites (tertiary alicyclic amines) is 1. The lowest BCUT2D eigenvalue weighted by Gasteiger charge is -2.34. The van der Waals surface area contributed by atoms with Gasteiger partial charge in [0.2, 0.25) is 0 Å². The Morgan fingerprint density at radius 2 is 2.00 bits per heavy atom. The maximum absolute atomic E-state index is 5.17. The highest BCUT2D eigenvalue weighted by atomic mass is 15.1. The third-order valence-corrected chi connectivity index (χ3v) is 2.78. The molecule has 1 rings (SSSR count). The van der Waals surface area contributed by atoms with Gasteiger partial charge in [0.15, 0.2) is 0 Å². The van der Waals surface area contributed by atoms with Gasteiger partial charge in [0, 0.05) is 26.2 Å². The zero-order chi connectivity index (χ0) is 10.4. The van der Waals surface area contributed by atoms with Gasteiger partial charge in [-0.15, -0.1) is 6.42 Å². The molecule has 1 fully saturated rings. The van der Waals surface area contributed by atoms with Crippen LogP contribution in [-0.4, -0.2) is 37.6 Å². The molecule has 0 saturated carbocycles. The van der Waals surface area contributed by atoms with Crippen LogP contribution in [-0.2, 0) is 0 Å². The number of nitrogens with one attached hydrogen (secondary N) is 1. The van der Waals surface area contributed by atoms with Crippen molar-refractivity contribution in [2.24, 2.45) is 11.8 Å². The first kappa shape index (κ1) is 11.6. The van der Waals surface area contributed by atoms with Gasteiger partial charge in [-0.2, -0.15) is 0 Å². The Morgan fingerprint density at radius 3 is 2.57 bits per heavy atom. The minimum absolute atomic E-state index is 0.693. The third-order valence-electron chi connectivity index (χ3n) is 2.78. The zero-order valence-electron chi connectivity index (χ0n) is 9.42. The highest BCUT2D eigenvalue weighted by Crippen LogP contribution is 2.20. The van der Waals surface area contributed by atoms with E-state index in [1.165, 1.54) is 19.5 Å². The predicted octanol–water partition coefficient (Wildman–Crippen LogP) is 1.19. The summed E-state index contributed by atoms with van der Waals surface area (Å²) in [7, 11) is 0. The molecule has 0 bridgehead atoms. The van der Waals surface area contributed by atoms with Crippen LogP contribution in [0.25, 0.3) is 0 Å². The fraction of sp³-hybridized carbons (Fsp3) is 0.833. The number of terminal acetylenes is 1. The van der Waals surface area contributed by atoms with Gasteiger partial charge in [0.05, 0.1) is 6.54 Å². The number of piperidine rings is 1. The van der Waals surface area contributed by atoms with Crippen molar-refractivity contribution in [1.29, 1.82) is 0 Å². The van der Waals surface area contributed by atoms with Gasteiger partial charge in [-0.1, -0.05) is 19.8 Å². The molecule has 0 amide bonds. The summed E-state index contributed by atoms with van der Waals surface area (Å²) in [5, 5.41) is 3.23. The minimum Gasteiger partial charge on any atom is -0.305 e. The molecule has 0 radical (unpaired) electrons. The highest BCUT2D eigenvalue weighted by Gasteiger charge is 2.20. The summed E-state index contributed by atoms with van der Waals surface area (Å²) >= 11 is 0. The molecule has 1 saturated heterocycles. The molecule has 2 atom stereocenters. The summed E-state index contributed by atoms with van der Waals surface area (Å²) in [5.41, 5.74) is 0. The fourth-order valence-electron chi connectivity index (χ4n) is 2.37. The van der Waals surface area contributed by atoms with E-state index >= 15 is 0 Å². The Bertz CT molecular complexity index is 185. The van der Waals surface area contributed by atoms with Crippen LogP contribution >= 0.6 is 0 Å². The van der Waals surface area contributed by atoms with Crippen LogP contribution in [0.5, 0.6) is 0 Å². The molecule has 0 aromatic rings. The molecule has 1 heterocycles. The number of hydrogen-bond donors (Lipinski definition) is 1. The smallest absolute Gasteiger partial charge is 0.0574 e. The van der Waals surface area contributed by atoms with Gasteiger partial charge >= 0.3 is 0 Å². The quantitative estimate of drug-likeness (QED) is 0.534. The molecule has 80 valence electrons. The SMILES string of the molecule is C#CCNCCN1CC(C)CC(C)C1. The van der Waals surface area contributed by atoms with Gasteiger partial charge in [0.25, 0.3) is 0 Å². The third kappa shape index (κ3) is 4.13. The average Bonchev–Trinajstić information content (AvgIpc) is 2.11. The van der Waals surface area contributed by atoms with Crippen molar-refractivity contribution in [1.82, 2.24) is 10.2 Å². The van der Waals surface area contributed by atoms with Crippen molar-refractivity contribution in [2.75, 3.05) is 32.7 Å². The van der Waals surface area contributed by atoms with Gasteiger partial charge in [-0.25, -0.2) is 0 Å². The van der Waals surface area contributed by atoms with E-state index in [0.29, 0.717) is 6.54 Å². The fourth-order valence-corrected chi connectivity index (χ4v) is 2.37. The normalized spacial score (nSPS) is 28.6. The number of hydrogen-bond acceptors (Lipinski definition) is 2. The maximum Gasteiger partial charge on any atom is 0.0574 e. The maximum atomic E-state index is 5.17. The standard InChI is InChI=1S/C12H22N2/c1-4-5-13-6-7-14-9-11(2)8-12(3)10-14/h1,11-13H,5-10H2,2-3H3. The molecule has 1 N–H and O–H groups in total. The molecule has 2 heteroatoms. The van der Waals surface area contributed by atoms with Crippen molar-refractivity contribution in [2.45, 2.75) is 20.3 Å². The minimum atomic E-state index is 0.693. The van der Waals surface area contributed by atoms with Gasteiger partial charge in [-0.05, 0) is 18.3 Å². The zero-order valence-corrected chi connectivity index (χ0v) is 9.42. The highest BCUT2D eigenvalue weighted by molar-refractivity contribution is 4.86. The number of nitrogens with zero attached hydrogens (tertiary/aromatic N) is 1. The van der Waals surface area contributed by atoms with E-state index < -0.39 is 0 Å². The van der Waals surface area contributed by atoms with Crippen molar-refractivity contribution >= 4 is 0 Å². The Hall–Kier alpha value is -0.520. The molecular formula is C12H22N2. The summed E-state index contributed by atoms with van der Waals surface area (Å²) in [6.45, 7) is 10.0. The summed E-state index contributed by atoms with van der Waals surface area (Å²) < 4.78 is 0. The van der Waals surface area contributed by atoms with Crippen LogP contribution < -0.4 is 5.32 Å². The molecular weight excluding hydrogens is 172 g/mol. The van der Waals surface area contributed by atoms with E-state index in [-0.39, 0.29) is 0 Å². The van der Waals surface area contributed by atoms with E-state index in [1.54, 1.807) is 0 Å². The lowest BCUT2D eigenvalue weighted by Crippen LogP contribution is -2.42. The summed E-state index contributed by atoms with van der Waals surface area (Å²) in [6.07, 6.45) is 6.55. The second kappa shape index (κ2) is 6.06. The molecule has 1 aliphatic rings. The first-order chi connectivity index (χ1) is 6.72. The summed E-state index contributed by atoms with van der Waals surface area (Å²) in [4.78, 5) is 2.54. The molecule has 0 aromatic carbocycles. The van der Waals surface area contributed by atoms with Crippen molar-refractivity contribution in [3.05, 3.63) is 0 Å². The van der Waals surface area contributed by atoms with Gasteiger partial charge in [0.1, 0.15) is 0 Å². The van der Waals surface area contributed by atoms with Gasteiger partial charge in [-0.3, -0.25) is 0 Å². The van der Waals surface area contributed by atoms with Crippen LogP contribution in [0.2, 0.25) is 0 Å². The predicted molar refractivity (Wildman–Crippen MR) is 61.1 cm³/mol. The molecule has 0 aliphatic carbocycles. The van der Waals surface area contributed by atoms with Gasteiger partial charge < -0.3 is 10.2 Å². The van der Waals surface area contributed by atoms with Crippen molar-refractivity contribution in [3.8, 4) is 12.3 Å². The topological polar surface area (TPSA) is 15.3 Å². The summed E-state index contributed by atoms with van der Waals surface area (Å²) in [5.74, 6) is 4.30. The molecule has 0 spiro atoms. The second-order valence-electron chi connectivity index (χ2n) is 4.59. The van der Waals surface area contributed by atoms with E-state index in [1.807, 2.05) is 0 Å². The van der Waals surface area contributed by atoms with Crippen molar-refractivity contribution < 1.29 is 0 Å². The lowest BCUT2D eigenvalue weighted by atomic mass is 9.92. The number of rotatable bonds is 4. The molecule has 2 unspecified atom stereocenters. The first-order valence-corrected chi connectivity index (χ1v) is 5.59. The Morgan fingerprint density at radius 1 is 1.36 bits per heavy atom.